The number of aliphatic hydroxyl groups excluding tert-OH is 8. The van der Waals surface area contributed by atoms with Gasteiger partial charge in [-0.2, -0.15) is 16.8 Å². The second-order valence-corrected chi connectivity index (χ2v) is 49.1. The van der Waals surface area contributed by atoms with Gasteiger partial charge >= 0.3 is 27.8 Å². The second kappa shape index (κ2) is 48.9. The van der Waals surface area contributed by atoms with E-state index in [1.807, 2.05) is 39.8 Å². The van der Waals surface area contributed by atoms with Crippen molar-refractivity contribution >= 4 is 43.5 Å². The fraction of sp³-hybridized carbons (Fsp3) is 0.747. The van der Waals surface area contributed by atoms with Gasteiger partial charge in [-0.3, -0.25) is 0 Å². The molecule has 4 saturated carbocycles. The van der Waals surface area contributed by atoms with Crippen molar-refractivity contribution < 1.29 is 186 Å². The van der Waals surface area contributed by atoms with Crippen molar-refractivity contribution in [2.45, 2.75) is 356 Å². The van der Waals surface area contributed by atoms with Crippen LogP contribution in [0.15, 0.2) is 97.1 Å². The standard InChI is InChI=1S/C26H43N2O10P.C25H40N2O9S.2C24H38N2O10S/c1-5-18-20(29)19(27-3)22-23(21(18)30)36-24-26(32,37-22)25(31,13-15(2)35-24)14-28-12-6-7-16-8-10-17(11-9-16)38-39(4,33)34;1-6-17-19(28)18(26-3)21-22(20(17)29)34-23-25(31,35-21)24(30,11-14(2)33-23)13-27-12-15-7-9-16(10-8-15)36-37(4,5)32;2*1-5-16-18(27)17(25-3)20-21(19(16)28)34-22-24(30,35-20)23(29,10-13(2)33-22)12-26-11-14-6-8-15(9-7-14)36-37(4,31)32/h8-11,15,18-24,27-32H,5-7,12-14H2,1-4H3,(H,33,34);7-10,14,17-23,26-31H,4,6,11-13H2,1-3,5H3;2*6-9,13,16-22,25-30H,5,10-12H2,1-4H3/t15-,18-,19+,20+,21+,22-,23-,24+,25-,26-;14-,17-,18+,19+,20+,21-,22-,23+,24-,25-,37?;2*13-,16-,17+,18+,19+,20-,21-,22+,23-,24-/m1111/s1. The van der Waals surface area contributed by atoms with Crippen molar-refractivity contribution in [2.75, 3.05) is 86.3 Å². The van der Waals surface area contributed by atoms with Crippen LogP contribution in [-0.2, 0) is 118 Å². The van der Waals surface area contributed by atoms with Crippen LogP contribution in [0.3, 0.4) is 0 Å². The normalized spacial score (nSPS) is 42.3. The number of aryl methyl sites for hydroxylation is 1. The molecule has 16 rings (SSSR count). The van der Waals surface area contributed by atoms with Crippen molar-refractivity contribution in [2.24, 2.45) is 23.7 Å². The third-order valence-corrected chi connectivity index (χ3v) is 32.8. The van der Waals surface area contributed by atoms with Gasteiger partial charge in [0.25, 0.3) is 0 Å². The summed E-state index contributed by atoms with van der Waals surface area (Å²) in [5.74, 6) is -6.30. The van der Waals surface area contributed by atoms with Gasteiger partial charge in [0.2, 0.25) is 48.3 Å². The number of benzene rings is 4. The minimum absolute atomic E-state index is 0.00355. The third-order valence-electron chi connectivity index (χ3n) is 30.7. The summed E-state index contributed by atoms with van der Waals surface area (Å²) in [7, 11) is -6.88. The summed E-state index contributed by atoms with van der Waals surface area (Å²) in [6, 6.07) is 24.1. The van der Waals surface area contributed by atoms with E-state index in [2.05, 4.69) is 48.4 Å². The molecule has 150 heavy (non-hydrogen) atoms. The minimum Gasteiger partial charge on any atom is -0.425 e. The number of fused-ring (bicyclic) bond motifs is 8. The first-order valence-corrected chi connectivity index (χ1v) is 58.8. The quantitative estimate of drug-likeness (QED) is 0.00948. The first kappa shape index (κ1) is 122. The van der Waals surface area contributed by atoms with Crippen LogP contribution in [0.4, 0.5) is 0 Å². The van der Waals surface area contributed by atoms with Crippen LogP contribution < -0.4 is 59.6 Å². The number of aliphatic hydroxyl groups is 16. The van der Waals surface area contributed by atoms with Crippen LogP contribution in [0.25, 0.3) is 0 Å². The zero-order chi connectivity index (χ0) is 110. The maximum Gasteiger partial charge on any atom is 0.373 e. The van der Waals surface area contributed by atoms with Crippen LogP contribution >= 0.6 is 7.60 Å². The van der Waals surface area contributed by atoms with Gasteiger partial charge in [0.15, 0.2) is 0 Å². The summed E-state index contributed by atoms with van der Waals surface area (Å²) in [4.78, 5) is 9.34. The lowest BCUT2D eigenvalue weighted by Crippen LogP contribution is -2.80. The Morgan fingerprint density at radius 2 is 0.587 bits per heavy atom. The van der Waals surface area contributed by atoms with Gasteiger partial charge in [0.1, 0.15) is 104 Å². The Bertz CT molecular complexity index is 5060. The van der Waals surface area contributed by atoms with E-state index < -0.39 is 278 Å². The van der Waals surface area contributed by atoms with Crippen molar-refractivity contribution in [3.63, 3.8) is 0 Å². The molecule has 0 bridgehead atoms. The Morgan fingerprint density at radius 3 is 0.813 bits per heavy atom. The van der Waals surface area contributed by atoms with Crippen LogP contribution in [0.5, 0.6) is 23.0 Å². The predicted octanol–water partition coefficient (Wildman–Crippen LogP) is -3.20. The molecule has 42 atom stereocenters. The summed E-state index contributed by atoms with van der Waals surface area (Å²) in [5, 5.41) is 205. The van der Waals surface area contributed by atoms with Gasteiger partial charge in [0, 0.05) is 108 Å². The highest BCUT2D eigenvalue weighted by Gasteiger charge is 2.74. The van der Waals surface area contributed by atoms with Gasteiger partial charge < -0.3 is 203 Å². The molecule has 0 radical (unpaired) electrons. The zero-order valence-electron chi connectivity index (χ0n) is 87.4. The molecule has 2 unspecified atom stereocenters. The smallest absolute Gasteiger partial charge is 0.373 e. The fourth-order valence-electron chi connectivity index (χ4n) is 23.2. The second-order valence-electron chi connectivity index (χ2n) is 42.2. The van der Waals surface area contributed by atoms with Crippen molar-refractivity contribution in [1.82, 2.24) is 42.5 Å². The average Bonchev–Trinajstić information content (AvgIpc) is 0.723. The van der Waals surface area contributed by atoms with Crippen LogP contribution in [0, 0.1) is 23.7 Å². The lowest BCUT2D eigenvalue weighted by molar-refractivity contribution is -0.483. The third kappa shape index (κ3) is 26.5. The molecule has 852 valence electrons. The van der Waals surface area contributed by atoms with Crippen molar-refractivity contribution in [3.05, 3.63) is 119 Å². The van der Waals surface area contributed by atoms with E-state index in [-0.39, 0.29) is 63.4 Å². The summed E-state index contributed by atoms with van der Waals surface area (Å²) in [6.07, 6.45) is -15.5. The number of nitrogens with one attached hydrogen (secondary N) is 8. The Hall–Kier alpha value is -5.25. The van der Waals surface area contributed by atoms with Crippen molar-refractivity contribution in [3.8, 4) is 23.0 Å². The first-order chi connectivity index (χ1) is 70.3. The molecule has 8 saturated heterocycles. The van der Waals surface area contributed by atoms with Gasteiger partial charge in [-0.05, 0) is 178 Å². The fourth-order valence-corrected chi connectivity index (χ4v) is 25.2. The molecule has 47 nitrogen and oxygen atoms in total. The molecule has 8 heterocycles. The van der Waals surface area contributed by atoms with Gasteiger partial charge in [-0.15, -0.1) is 0 Å². The van der Waals surface area contributed by atoms with Crippen LogP contribution in [0.2, 0.25) is 0 Å². The molecule has 4 aromatic rings. The molecule has 51 heteroatoms. The highest BCUT2D eigenvalue weighted by molar-refractivity contribution is 7.95. The number of hydrogen-bond donors (Lipinski definition) is 25. The maximum absolute atomic E-state index is 11.7. The lowest BCUT2D eigenvalue weighted by Gasteiger charge is -2.60. The number of ether oxygens (including phenoxy) is 12. The van der Waals surface area contributed by atoms with E-state index in [4.69, 9.17) is 73.9 Å². The maximum atomic E-state index is 11.7. The van der Waals surface area contributed by atoms with E-state index >= 15 is 0 Å². The average molecular weight is 2210 g/mol. The lowest BCUT2D eigenvalue weighted by atomic mass is 9.74. The van der Waals surface area contributed by atoms with Gasteiger partial charge in [0.05, 0.1) is 110 Å². The molecule has 25 N–H and O–H groups in total. The Balaban J connectivity index is 0.000000167. The Morgan fingerprint density at radius 1 is 0.353 bits per heavy atom. The Labute approximate surface area is 876 Å². The molecule has 12 fully saturated rings. The molecular formula is C99H159N8O39PS3. The molecular weight excluding hydrogens is 2050 g/mol. The molecule has 0 amide bonds. The largest absolute Gasteiger partial charge is 0.425 e. The Kier molecular flexibility index (Phi) is 39.7. The highest BCUT2D eigenvalue weighted by Crippen LogP contribution is 2.54. The van der Waals surface area contributed by atoms with Gasteiger partial charge in [-0.25, -0.2) is 8.77 Å². The van der Waals surface area contributed by atoms with Crippen molar-refractivity contribution in [1.29, 1.82) is 0 Å². The first-order valence-electron chi connectivity index (χ1n) is 51.1. The predicted molar refractivity (Wildman–Crippen MR) is 540 cm³/mol. The van der Waals surface area contributed by atoms with E-state index in [1.165, 1.54) is 30.5 Å². The van der Waals surface area contributed by atoms with E-state index in [0.29, 0.717) is 69.8 Å². The molecule has 4 aromatic carbocycles. The van der Waals surface area contributed by atoms with E-state index in [0.717, 1.165) is 47.9 Å². The molecule has 0 spiro atoms. The number of hydrogen-bond acceptors (Lipinski definition) is 46. The zero-order valence-corrected chi connectivity index (χ0v) is 90.7. The highest BCUT2D eigenvalue weighted by atomic mass is 32.2. The summed E-state index contributed by atoms with van der Waals surface area (Å²) in [5.41, 5.74) is -3.80. The van der Waals surface area contributed by atoms with E-state index in [1.54, 1.807) is 117 Å². The van der Waals surface area contributed by atoms with E-state index in [9.17, 15) is 112 Å². The summed E-state index contributed by atoms with van der Waals surface area (Å²) < 4.78 is 160. The number of likely N-dealkylation sites (N-methyl/N-ethyl adjacent to an activating group) is 4. The molecule has 0 aromatic heterocycles. The van der Waals surface area contributed by atoms with Crippen LogP contribution in [-0.4, -0.2) is 417 Å². The number of rotatable bonds is 34. The summed E-state index contributed by atoms with van der Waals surface area (Å²) in [6.45, 7) is 16.8. The topological polar surface area (TPSA) is 690 Å². The SMILES string of the molecule is C=S(C)(=O)Oc1ccc(CNC[C@]2(O)C[C@@H](C)O[C@H]3O[C@@H]4[C@@H](O)[C@H](CC)[C@H](O)[C@H](NC)[C@H]4O[C@]32O)cc1.CC[C@@H]1[C@H](O)[C@H](NC)[C@H]2O[C@]3(O)[C@H](O[C@@H]2[C@H]1O)O[C@H](C)C[C@@]3(O)CNCCCc1ccc(OP(C)(=O)O)cc1.CC[C@@H]1[C@H](O)[C@H](NC)[C@H]2O[C@]3(O)[C@H](O[C@@H]2[C@H]1O)O[C@H](C)C[C@@]3(O)CNCc1ccc(OS(C)(=O)=O)cc1.CC[C@@H]1[C@H](O)[C@H](NC)[C@H]2O[C@]3(O)[C@H](O[C@@H]2[C@H]1O)O[C@H](C)C[C@@]3(O)CNCc1ccc(OS(C)(=O)=O)cc1. The molecule has 12 aliphatic rings. The van der Waals surface area contributed by atoms with Crippen LogP contribution in [0.1, 0.15) is 135 Å². The molecule has 8 aliphatic heterocycles. The van der Waals surface area contributed by atoms with Gasteiger partial charge in [-0.1, -0.05) is 76.2 Å². The minimum atomic E-state index is -3.63. The molecule has 4 aliphatic carbocycles. The monoisotopic (exact) mass is 2210 g/mol. The summed E-state index contributed by atoms with van der Waals surface area (Å²) >= 11 is 0.